The average molecular weight is 300 g/mol. The molecule has 0 saturated carbocycles. The van der Waals surface area contributed by atoms with Gasteiger partial charge in [0.25, 0.3) is 0 Å². The molecule has 0 bridgehead atoms. The van der Waals surface area contributed by atoms with Gasteiger partial charge in [0.05, 0.1) is 10.7 Å². The third-order valence-electron chi connectivity index (χ3n) is 3.41. The van der Waals surface area contributed by atoms with Gasteiger partial charge >= 0.3 is 0 Å². The zero-order valence-electron chi connectivity index (χ0n) is 11.7. The Morgan fingerprint density at radius 3 is 2.62 bits per heavy atom. The third kappa shape index (κ3) is 2.36. The molecule has 0 aliphatic rings. The van der Waals surface area contributed by atoms with Crippen LogP contribution >= 0.6 is 11.6 Å². The van der Waals surface area contributed by atoms with Crippen LogP contribution in [0.4, 0.5) is 5.69 Å². The van der Waals surface area contributed by atoms with E-state index in [9.17, 15) is 0 Å². The molecule has 21 heavy (non-hydrogen) atoms. The highest BCUT2D eigenvalue weighted by Crippen LogP contribution is 2.28. The minimum Gasteiger partial charge on any atom is -0.398 e. The van der Waals surface area contributed by atoms with E-state index in [4.69, 9.17) is 17.3 Å². The number of benzene rings is 2. The van der Waals surface area contributed by atoms with Gasteiger partial charge in [-0.15, -0.1) is 5.10 Å². The number of tetrazole rings is 1. The van der Waals surface area contributed by atoms with E-state index in [0.29, 0.717) is 16.5 Å². The van der Waals surface area contributed by atoms with Crippen LogP contribution in [0, 0.1) is 13.8 Å². The summed E-state index contributed by atoms with van der Waals surface area (Å²) in [6.45, 7) is 3.93. The number of anilines is 1. The van der Waals surface area contributed by atoms with Crippen molar-refractivity contribution in [2.75, 3.05) is 5.73 Å². The number of nitrogen functional groups attached to an aromatic ring is 1. The number of halogens is 1. The van der Waals surface area contributed by atoms with Gasteiger partial charge < -0.3 is 5.73 Å². The highest BCUT2D eigenvalue weighted by atomic mass is 35.5. The Labute approximate surface area is 127 Å². The summed E-state index contributed by atoms with van der Waals surface area (Å²) >= 11 is 6.30. The van der Waals surface area contributed by atoms with Crippen molar-refractivity contribution >= 4 is 17.3 Å². The summed E-state index contributed by atoms with van der Waals surface area (Å²) in [7, 11) is 0. The molecule has 0 aliphatic carbocycles. The van der Waals surface area contributed by atoms with E-state index < -0.39 is 0 Å². The normalized spacial score (nSPS) is 10.8. The van der Waals surface area contributed by atoms with E-state index in [1.54, 1.807) is 4.68 Å². The van der Waals surface area contributed by atoms with Crippen molar-refractivity contribution in [3.05, 3.63) is 52.5 Å². The molecule has 2 aromatic carbocycles. The summed E-state index contributed by atoms with van der Waals surface area (Å²) in [6, 6.07) is 11.4. The molecule has 106 valence electrons. The molecule has 6 heteroatoms. The average Bonchev–Trinajstić information content (AvgIpc) is 2.91. The molecule has 0 radical (unpaired) electrons. The second-order valence-corrected chi connectivity index (χ2v) is 5.30. The summed E-state index contributed by atoms with van der Waals surface area (Å²) in [4.78, 5) is 0. The number of para-hydroxylation sites is 1. The maximum absolute atomic E-state index is 6.30. The second-order valence-electron chi connectivity index (χ2n) is 4.89. The van der Waals surface area contributed by atoms with Crippen molar-refractivity contribution in [1.82, 2.24) is 20.2 Å². The lowest BCUT2D eigenvalue weighted by Crippen LogP contribution is -2.03. The predicted molar refractivity (Wildman–Crippen MR) is 83.5 cm³/mol. The molecule has 3 aromatic rings. The van der Waals surface area contributed by atoms with Crippen molar-refractivity contribution in [2.45, 2.75) is 13.8 Å². The van der Waals surface area contributed by atoms with Crippen LogP contribution in [-0.4, -0.2) is 20.2 Å². The topological polar surface area (TPSA) is 69.6 Å². The van der Waals surface area contributed by atoms with Crippen LogP contribution in [0.5, 0.6) is 0 Å². The number of rotatable bonds is 2. The lowest BCUT2D eigenvalue weighted by atomic mass is 10.1. The number of hydrogen-bond donors (Lipinski definition) is 1. The summed E-state index contributed by atoms with van der Waals surface area (Å²) in [5, 5.41) is 12.5. The SMILES string of the molecule is Cc1ccc(-c2nnnn2-c2c(C)cccc2Cl)cc1N. The first-order valence-corrected chi connectivity index (χ1v) is 6.86. The molecule has 3 rings (SSSR count). The number of nitrogens with zero attached hydrogens (tertiary/aromatic N) is 4. The standard InChI is InChI=1S/C15H14ClN5/c1-9-6-7-11(8-13(9)17)15-18-19-20-21(15)14-10(2)4-3-5-12(14)16/h3-8H,17H2,1-2H3. The fourth-order valence-corrected chi connectivity index (χ4v) is 2.49. The second kappa shape index (κ2) is 5.18. The maximum atomic E-state index is 6.30. The van der Waals surface area contributed by atoms with Gasteiger partial charge in [0.15, 0.2) is 5.82 Å². The Bertz CT molecular complexity index is 789. The minimum atomic E-state index is 0.601. The van der Waals surface area contributed by atoms with Crippen LogP contribution in [-0.2, 0) is 0 Å². The fourth-order valence-electron chi connectivity index (χ4n) is 2.19. The molecular weight excluding hydrogens is 286 g/mol. The molecule has 0 fully saturated rings. The van der Waals surface area contributed by atoms with E-state index in [1.807, 2.05) is 50.2 Å². The van der Waals surface area contributed by atoms with Crippen LogP contribution in [0.2, 0.25) is 5.02 Å². The van der Waals surface area contributed by atoms with Gasteiger partial charge in [-0.2, -0.15) is 4.68 Å². The number of aromatic nitrogens is 4. The highest BCUT2D eigenvalue weighted by Gasteiger charge is 2.15. The van der Waals surface area contributed by atoms with Gasteiger partial charge in [0.1, 0.15) is 0 Å². The molecule has 0 aliphatic heterocycles. The largest absolute Gasteiger partial charge is 0.398 e. The Balaban J connectivity index is 2.20. The lowest BCUT2D eigenvalue weighted by Gasteiger charge is -2.10. The fraction of sp³-hybridized carbons (Fsp3) is 0.133. The van der Waals surface area contributed by atoms with E-state index in [0.717, 1.165) is 22.4 Å². The van der Waals surface area contributed by atoms with E-state index in [-0.39, 0.29) is 0 Å². The first kappa shape index (κ1) is 13.6. The first-order chi connectivity index (χ1) is 10.1. The van der Waals surface area contributed by atoms with Gasteiger partial charge in [-0.3, -0.25) is 0 Å². The van der Waals surface area contributed by atoms with Crippen LogP contribution in [0.15, 0.2) is 36.4 Å². The summed E-state index contributed by atoms with van der Waals surface area (Å²) < 4.78 is 1.64. The van der Waals surface area contributed by atoms with Crippen LogP contribution in [0.3, 0.4) is 0 Å². The monoisotopic (exact) mass is 299 g/mol. The molecule has 0 unspecified atom stereocenters. The molecule has 5 nitrogen and oxygen atoms in total. The smallest absolute Gasteiger partial charge is 0.187 e. The third-order valence-corrected chi connectivity index (χ3v) is 3.71. The van der Waals surface area contributed by atoms with E-state index in [1.165, 1.54) is 0 Å². The summed E-state index contributed by atoms with van der Waals surface area (Å²) in [5.41, 5.74) is 10.3. The highest BCUT2D eigenvalue weighted by molar-refractivity contribution is 6.32. The minimum absolute atomic E-state index is 0.601. The molecule has 1 heterocycles. The van der Waals surface area contributed by atoms with Gasteiger partial charge in [0.2, 0.25) is 0 Å². The maximum Gasteiger partial charge on any atom is 0.187 e. The summed E-state index contributed by atoms with van der Waals surface area (Å²) in [5.74, 6) is 0.609. The summed E-state index contributed by atoms with van der Waals surface area (Å²) in [6.07, 6.45) is 0. The Kier molecular flexibility index (Phi) is 3.35. The van der Waals surface area contributed by atoms with Crippen LogP contribution in [0.1, 0.15) is 11.1 Å². The Morgan fingerprint density at radius 1 is 1.10 bits per heavy atom. The first-order valence-electron chi connectivity index (χ1n) is 6.48. The van der Waals surface area contributed by atoms with Crippen molar-refractivity contribution in [2.24, 2.45) is 0 Å². The van der Waals surface area contributed by atoms with Crippen molar-refractivity contribution < 1.29 is 0 Å². The molecule has 2 N–H and O–H groups in total. The van der Waals surface area contributed by atoms with E-state index >= 15 is 0 Å². The predicted octanol–water partition coefficient (Wildman–Crippen LogP) is 3.18. The van der Waals surface area contributed by atoms with Gasteiger partial charge in [0, 0.05) is 11.3 Å². The Morgan fingerprint density at radius 2 is 1.90 bits per heavy atom. The molecule has 0 spiro atoms. The van der Waals surface area contributed by atoms with Crippen molar-refractivity contribution in [3.8, 4) is 17.1 Å². The molecular formula is C15H14ClN5. The molecule has 0 atom stereocenters. The Hall–Kier alpha value is -2.40. The van der Waals surface area contributed by atoms with E-state index in [2.05, 4.69) is 15.5 Å². The molecule has 0 saturated heterocycles. The van der Waals surface area contributed by atoms with Gasteiger partial charge in [-0.1, -0.05) is 35.9 Å². The number of aryl methyl sites for hydroxylation is 2. The van der Waals surface area contributed by atoms with Gasteiger partial charge in [-0.25, -0.2) is 0 Å². The quantitative estimate of drug-likeness (QED) is 0.738. The van der Waals surface area contributed by atoms with Gasteiger partial charge in [-0.05, 0) is 47.5 Å². The molecule has 0 amide bonds. The van der Waals surface area contributed by atoms with Crippen LogP contribution in [0.25, 0.3) is 17.1 Å². The number of nitrogens with two attached hydrogens (primary N) is 1. The zero-order chi connectivity index (χ0) is 15.0. The van der Waals surface area contributed by atoms with Crippen molar-refractivity contribution in [3.63, 3.8) is 0 Å². The zero-order valence-corrected chi connectivity index (χ0v) is 12.5. The lowest BCUT2D eigenvalue weighted by molar-refractivity contribution is 0.787. The molecule has 1 aromatic heterocycles. The van der Waals surface area contributed by atoms with Crippen LogP contribution < -0.4 is 5.73 Å². The van der Waals surface area contributed by atoms with Crippen molar-refractivity contribution in [1.29, 1.82) is 0 Å². The number of hydrogen-bond acceptors (Lipinski definition) is 4.